The van der Waals surface area contributed by atoms with E-state index in [-0.39, 0.29) is 44.3 Å². The Hall–Kier alpha value is 0.870. The molecule has 0 aliphatic heterocycles. The van der Waals surface area contributed by atoms with E-state index in [9.17, 15) is 13.0 Å². The molecular formula is C18H35CaO4S+. The van der Waals surface area contributed by atoms with E-state index in [1.807, 2.05) is 0 Å². The summed E-state index contributed by atoms with van der Waals surface area (Å²) in [6, 6.07) is 0. The van der Waals surface area contributed by atoms with Crippen molar-refractivity contribution >= 4 is 48.1 Å². The summed E-state index contributed by atoms with van der Waals surface area (Å²) in [4.78, 5) is 0. The van der Waals surface area contributed by atoms with Crippen molar-refractivity contribution in [2.75, 3.05) is 6.61 Å². The molecule has 0 aromatic heterocycles. The maximum Gasteiger partial charge on any atom is 2.00 e. The van der Waals surface area contributed by atoms with Crippen molar-refractivity contribution in [2.45, 2.75) is 96.8 Å². The predicted octanol–water partition coefficient (Wildman–Crippen LogP) is 5.12. The molecule has 0 atom stereocenters. The summed E-state index contributed by atoms with van der Waals surface area (Å²) in [6.45, 7) is 2.27. The zero-order valence-electron chi connectivity index (χ0n) is 15.5. The van der Waals surface area contributed by atoms with E-state index in [0.29, 0.717) is 6.42 Å². The quantitative estimate of drug-likeness (QED) is 0.114. The molecule has 24 heavy (non-hydrogen) atoms. The van der Waals surface area contributed by atoms with Crippen LogP contribution in [0.4, 0.5) is 0 Å². The van der Waals surface area contributed by atoms with Crippen LogP contribution in [0.3, 0.4) is 0 Å². The van der Waals surface area contributed by atoms with Gasteiger partial charge in [0.25, 0.3) is 0 Å². The van der Waals surface area contributed by atoms with Crippen LogP contribution in [0, 0.1) is 0 Å². The van der Waals surface area contributed by atoms with Gasteiger partial charge < -0.3 is 4.55 Å². The third-order valence-electron chi connectivity index (χ3n) is 3.88. The van der Waals surface area contributed by atoms with Crippen molar-refractivity contribution in [1.29, 1.82) is 0 Å². The molecule has 0 saturated heterocycles. The van der Waals surface area contributed by atoms with Gasteiger partial charge >= 0.3 is 37.7 Å². The van der Waals surface area contributed by atoms with Gasteiger partial charge in [-0.1, -0.05) is 76.9 Å². The van der Waals surface area contributed by atoms with Crippen molar-refractivity contribution in [3.63, 3.8) is 0 Å². The zero-order valence-corrected chi connectivity index (χ0v) is 18.5. The molecule has 0 bridgehead atoms. The Morgan fingerprint density at radius 3 is 1.62 bits per heavy atom. The molecule has 0 unspecified atom stereocenters. The standard InChI is InChI=1S/C18H36O4S.Ca/c1-2-3-4-5-6-7-8-9-10-11-12-13-14-15-16-17-18-22-23(19,20)21;/h9-10H,2-8,11-18H2,1H3,(H,19,20,21);/q;+2/p-1/b10-9-;. The summed E-state index contributed by atoms with van der Waals surface area (Å²) in [5.74, 6) is 0. The topological polar surface area (TPSA) is 66.4 Å². The van der Waals surface area contributed by atoms with Crippen molar-refractivity contribution in [1.82, 2.24) is 0 Å². The van der Waals surface area contributed by atoms with Gasteiger partial charge in [-0.3, -0.25) is 4.18 Å². The fraction of sp³-hybridized carbons (Fsp3) is 0.889. The van der Waals surface area contributed by atoms with Gasteiger partial charge in [0.05, 0.1) is 6.61 Å². The van der Waals surface area contributed by atoms with Crippen LogP contribution in [-0.4, -0.2) is 57.3 Å². The minimum atomic E-state index is -4.50. The Balaban J connectivity index is 0. The molecule has 0 saturated carbocycles. The molecule has 0 fully saturated rings. The zero-order chi connectivity index (χ0) is 17.2. The average Bonchev–Trinajstić information content (AvgIpc) is 2.49. The third kappa shape index (κ3) is 25.1. The first-order valence-corrected chi connectivity index (χ1v) is 10.6. The molecule has 0 aromatic rings. The van der Waals surface area contributed by atoms with Crippen molar-refractivity contribution < 1.29 is 17.2 Å². The second kappa shape index (κ2) is 20.2. The monoisotopic (exact) mass is 387 g/mol. The summed E-state index contributed by atoms with van der Waals surface area (Å²) >= 11 is 0. The maximum atomic E-state index is 10.2. The number of allylic oxidation sites excluding steroid dienone is 2. The Bertz CT molecular complexity index is 369. The van der Waals surface area contributed by atoms with Crippen molar-refractivity contribution in [3.05, 3.63) is 12.2 Å². The Morgan fingerprint density at radius 1 is 0.750 bits per heavy atom. The minimum Gasteiger partial charge on any atom is -0.726 e. The van der Waals surface area contributed by atoms with Gasteiger partial charge in [-0.2, -0.15) is 0 Å². The normalized spacial score (nSPS) is 11.8. The smallest absolute Gasteiger partial charge is 0.726 e. The summed E-state index contributed by atoms with van der Waals surface area (Å²) in [7, 11) is -4.50. The van der Waals surface area contributed by atoms with E-state index in [4.69, 9.17) is 0 Å². The van der Waals surface area contributed by atoms with Crippen molar-refractivity contribution in [3.8, 4) is 0 Å². The average molecular weight is 388 g/mol. The molecule has 0 amide bonds. The molecule has 138 valence electrons. The summed E-state index contributed by atoms with van der Waals surface area (Å²) < 4.78 is 34.8. The van der Waals surface area contributed by atoms with Gasteiger partial charge in [0.15, 0.2) is 0 Å². The van der Waals surface area contributed by atoms with Crippen LogP contribution in [-0.2, 0) is 14.6 Å². The number of unbranched alkanes of at least 4 members (excludes halogenated alkanes) is 12. The van der Waals surface area contributed by atoms with Gasteiger partial charge in [-0.25, -0.2) is 8.42 Å². The minimum absolute atomic E-state index is 0. The SMILES string of the molecule is CCCCCCCC/C=C\CCCCCCCCOS(=O)(=O)[O-].[Ca+2]. The van der Waals surface area contributed by atoms with E-state index >= 15 is 0 Å². The number of hydrogen-bond acceptors (Lipinski definition) is 4. The van der Waals surface area contributed by atoms with E-state index < -0.39 is 10.4 Å². The largest absolute Gasteiger partial charge is 2.00 e. The molecule has 0 rings (SSSR count). The van der Waals surface area contributed by atoms with Crippen molar-refractivity contribution in [2.24, 2.45) is 0 Å². The molecule has 6 heteroatoms. The van der Waals surface area contributed by atoms with Gasteiger partial charge in [0, 0.05) is 0 Å². The van der Waals surface area contributed by atoms with Crippen LogP contribution < -0.4 is 0 Å². The van der Waals surface area contributed by atoms with Gasteiger partial charge in [-0.05, 0) is 32.1 Å². The fourth-order valence-electron chi connectivity index (χ4n) is 2.51. The fourth-order valence-corrected chi connectivity index (χ4v) is 2.83. The van der Waals surface area contributed by atoms with Crippen LogP contribution in [0.5, 0.6) is 0 Å². The molecule has 4 nitrogen and oxygen atoms in total. The van der Waals surface area contributed by atoms with Gasteiger partial charge in [0.2, 0.25) is 10.4 Å². The van der Waals surface area contributed by atoms with Crippen LogP contribution in [0.1, 0.15) is 96.8 Å². The Labute approximate surface area is 179 Å². The van der Waals surface area contributed by atoms with Crippen LogP contribution >= 0.6 is 0 Å². The first kappa shape index (κ1) is 27.1. The Morgan fingerprint density at radius 2 is 1.17 bits per heavy atom. The van der Waals surface area contributed by atoms with E-state index in [0.717, 1.165) is 25.7 Å². The van der Waals surface area contributed by atoms with E-state index in [2.05, 4.69) is 23.3 Å². The van der Waals surface area contributed by atoms with Crippen LogP contribution in [0.25, 0.3) is 0 Å². The second-order valence-corrected chi connectivity index (χ2v) is 7.22. The summed E-state index contributed by atoms with van der Waals surface area (Å²) in [5.41, 5.74) is 0. The molecular weight excluding hydrogens is 352 g/mol. The summed E-state index contributed by atoms with van der Waals surface area (Å²) in [6.07, 6.45) is 21.4. The third-order valence-corrected chi connectivity index (χ3v) is 4.34. The molecule has 0 spiro atoms. The van der Waals surface area contributed by atoms with E-state index in [1.54, 1.807) is 0 Å². The molecule has 0 aliphatic rings. The molecule has 0 aromatic carbocycles. The van der Waals surface area contributed by atoms with Crippen LogP contribution in [0.2, 0.25) is 0 Å². The maximum absolute atomic E-state index is 10.2. The van der Waals surface area contributed by atoms with Crippen LogP contribution in [0.15, 0.2) is 12.2 Å². The number of hydrogen-bond donors (Lipinski definition) is 0. The molecule has 0 N–H and O–H groups in total. The van der Waals surface area contributed by atoms with E-state index in [1.165, 1.54) is 57.8 Å². The van der Waals surface area contributed by atoms with Gasteiger partial charge in [-0.15, -0.1) is 0 Å². The first-order valence-electron chi connectivity index (χ1n) is 9.31. The molecule has 0 radical (unpaired) electrons. The second-order valence-electron chi connectivity index (χ2n) is 6.17. The predicted molar refractivity (Wildman–Crippen MR) is 101 cm³/mol. The molecule has 0 aliphatic carbocycles. The van der Waals surface area contributed by atoms with Gasteiger partial charge in [0.1, 0.15) is 0 Å². The summed E-state index contributed by atoms with van der Waals surface area (Å²) in [5, 5.41) is 0. The molecule has 0 heterocycles. The first-order chi connectivity index (χ1) is 11.1. The number of rotatable bonds is 17. The Kier molecular flexibility index (Phi) is 22.8.